The molecule has 0 saturated heterocycles. The minimum absolute atomic E-state index is 0.0845. The molecule has 0 bridgehead atoms. The van der Waals surface area contributed by atoms with E-state index in [1.807, 2.05) is 6.07 Å². The van der Waals surface area contributed by atoms with Crippen LogP contribution in [0.25, 0.3) is 22.3 Å². The molecule has 0 aromatic heterocycles. The average molecular weight is 513 g/mol. The Kier molecular flexibility index (Phi) is 6.27. The Morgan fingerprint density at radius 2 is 1.07 bits per heavy atom. The summed E-state index contributed by atoms with van der Waals surface area (Å²) in [7, 11) is 0. The number of nitrogens with zero attached hydrogens (tertiary/aromatic N) is 1. The van der Waals surface area contributed by atoms with Crippen LogP contribution < -0.4 is 5.32 Å². The summed E-state index contributed by atoms with van der Waals surface area (Å²) in [6, 6.07) is 55.5. The zero-order valence-electron chi connectivity index (χ0n) is 22.0. The number of anilines is 2. The van der Waals surface area contributed by atoms with Crippen LogP contribution in [0, 0.1) is 0 Å². The van der Waals surface area contributed by atoms with E-state index in [1.165, 1.54) is 22.3 Å². The Morgan fingerprint density at radius 3 is 1.85 bits per heavy atom. The molecule has 0 spiro atoms. The lowest BCUT2D eigenvalue weighted by Gasteiger charge is -2.17. The monoisotopic (exact) mass is 512 g/mol. The standard InChI is InChI=1S/C38H28N2/c1-4-14-27(15-5-1)30-20-12-21-31(26-30)39-35-25-11-10-22-32(35)33-23-13-24-34-36(28-16-6-2-7-17-28)37(40-38(33)34)29-18-8-3-9-19-29/h1-26,36,39H. The summed E-state index contributed by atoms with van der Waals surface area (Å²) in [5.74, 6) is 0.0845. The van der Waals surface area contributed by atoms with Gasteiger partial charge in [-0.1, -0.05) is 140 Å². The van der Waals surface area contributed by atoms with Crippen LogP contribution in [0.1, 0.15) is 22.6 Å². The van der Waals surface area contributed by atoms with Gasteiger partial charge in [-0.05, 0) is 46.0 Å². The number of fused-ring (bicyclic) bond motifs is 1. The van der Waals surface area contributed by atoms with Crippen LogP contribution in [0.4, 0.5) is 17.1 Å². The van der Waals surface area contributed by atoms with Crippen molar-refractivity contribution in [2.45, 2.75) is 5.92 Å². The lowest BCUT2D eigenvalue weighted by atomic mass is 9.84. The van der Waals surface area contributed by atoms with Gasteiger partial charge >= 0.3 is 0 Å². The molecule has 0 aliphatic carbocycles. The molecule has 0 amide bonds. The molecule has 1 aliphatic rings. The van der Waals surface area contributed by atoms with Crippen LogP contribution in [0.2, 0.25) is 0 Å². The van der Waals surface area contributed by atoms with E-state index in [2.05, 4.69) is 157 Å². The lowest BCUT2D eigenvalue weighted by Crippen LogP contribution is -2.11. The predicted octanol–water partition coefficient (Wildman–Crippen LogP) is 10.0. The topological polar surface area (TPSA) is 24.4 Å². The molecule has 7 rings (SSSR count). The maximum atomic E-state index is 5.35. The highest BCUT2D eigenvalue weighted by Gasteiger charge is 2.31. The van der Waals surface area contributed by atoms with E-state index in [0.29, 0.717) is 0 Å². The van der Waals surface area contributed by atoms with Gasteiger partial charge in [0.2, 0.25) is 0 Å². The lowest BCUT2D eigenvalue weighted by molar-refractivity contribution is 1.11. The molecule has 6 aromatic carbocycles. The molecule has 0 saturated carbocycles. The molecule has 0 fully saturated rings. The van der Waals surface area contributed by atoms with E-state index in [1.54, 1.807) is 0 Å². The van der Waals surface area contributed by atoms with Crippen LogP contribution in [-0.2, 0) is 0 Å². The summed E-state index contributed by atoms with van der Waals surface area (Å²) in [5, 5.41) is 3.71. The van der Waals surface area contributed by atoms with Crippen molar-refractivity contribution in [3.8, 4) is 22.3 Å². The van der Waals surface area contributed by atoms with Crippen LogP contribution >= 0.6 is 0 Å². The van der Waals surface area contributed by atoms with E-state index in [-0.39, 0.29) is 5.92 Å². The number of nitrogens with one attached hydrogen (secondary N) is 1. The van der Waals surface area contributed by atoms with E-state index in [4.69, 9.17) is 4.99 Å². The summed E-state index contributed by atoms with van der Waals surface area (Å²) >= 11 is 0. The first-order valence-corrected chi connectivity index (χ1v) is 13.7. The molecule has 40 heavy (non-hydrogen) atoms. The van der Waals surface area contributed by atoms with Crippen molar-refractivity contribution in [2.24, 2.45) is 4.99 Å². The Hall–Kier alpha value is -5.21. The number of para-hydroxylation sites is 2. The second-order valence-corrected chi connectivity index (χ2v) is 10.1. The first-order chi connectivity index (χ1) is 19.8. The average Bonchev–Trinajstić information content (AvgIpc) is 3.43. The van der Waals surface area contributed by atoms with Gasteiger partial charge in [0.25, 0.3) is 0 Å². The highest BCUT2D eigenvalue weighted by atomic mass is 14.9. The van der Waals surface area contributed by atoms with Gasteiger partial charge in [-0.3, -0.25) is 4.99 Å². The SMILES string of the molecule is c1ccc(C2=Nc3c(-c4ccccc4Nc4cccc(-c5ccccc5)c4)cccc3C2c2ccccc2)cc1. The van der Waals surface area contributed by atoms with Gasteiger partial charge in [-0.2, -0.15) is 0 Å². The number of benzene rings is 6. The van der Waals surface area contributed by atoms with Gasteiger partial charge in [-0.15, -0.1) is 0 Å². The highest BCUT2D eigenvalue weighted by molar-refractivity contribution is 6.13. The molecule has 6 aromatic rings. The first-order valence-electron chi connectivity index (χ1n) is 13.7. The molecule has 2 nitrogen and oxygen atoms in total. The first kappa shape index (κ1) is 23.9. The molecule has 1 atom stereocenters. The van der Waals surface area contributed by atoms with Crippen molar-refractivity contribution < 1.29 is 0 Å². The van der Waals surface area contributed by atoms with Gasteiger partial charge in [0.05, 0.1) is 17.3 Å². The molecule has 0 radical (unpaired) electrons. The van der Waals surface area contributed by atoms with Crippen LogP contribution in [0.15, 0.2) is 163 Å². The summed E-state index contributed by atoms with van der Waals surface area (Å²) in [4.78, 5) is 5.35. The van der Waals surface area contributed by atoms with Crippen molar-refractivity contribution in [2.75, 3.05) is 5.32 Å². The fourth-order valence-corrected chi connectivity index (χ4v) is 5.68. The van der Waals surface area contributed by atoms with Crippen LogP contribution in [0.5, 0.6) is 0 Å². The summed E-state index contributed by atoms with van der Waals surface area (Å²) in [6.45, 7) is 0. The normalized spacial score (nSPS) is 13.9. The molecule has 1 unspecified atom stereocenters. The van der Waals surface area contributed by atoms with Crippen LogP contribution in [-0.4, -0.2) is 5.71 Å². The van der Waals surface area contributed by atoms with Crippen molar-refractivity contribution >= 4 is 22.8 Å². The Labute approximate surface area is 235 Å². The third-order valence-corrected chi connectivity index (χ3v) is 7.55. The summed E-state index contributed by atoms with van der Waals surface area (Å²) < 4.78 is 0. The van der Waals surface area contributed by atoms with Gasteiger partial charge in [-0.25, -0.2) is 0 Å². The minimum atomic E-state index is 0.0845. The van der Waals surface area contributed by atoms with Gasteiger partial charge < -0.3 is 5.32 Å². The largest absolute Gasteiger partial charge is 0.355 e. The summed E-state index contributed by atoms with van der Waals surface area (Å²) in [6.07, 6.45) is 0. The molecule has 1 heterocycles. The van der Waals surface area contributed by atoms with E-state index in [0.717, 1.165) is 39.5 Å². The predicted molar refractivity (Wildman–Crippen MR) is 168 cm³/mol. The maximum absolute atomic E-state index is 5.35. The Bertz CT molecular complexity index is 1810. The number of hydrogen-bond donors (Lipinski definition) is 1. The molecule has 1 N–H and O–H groups in total. The Morgan fingerprint density at radius 1 is 0.475 bits per heavy atom. The van der Waals surface area contributed by atoms with Gasteiger partial charge in [0.15, 0.2) is 0 Å². The molecule has 190 valence electrons. The maximum Gasteiger partial charge on any atom is 0.0754 e. The fourth-order valence-electron chi connectivity index (χ4n) is 5.68. The van der Waals surface area contributed by atoms with Crippen molar-refractivity contribution in [3.63, 3.8) is 0 Å². The zero-order chi connectivity index (χ0) is 26.7. The quantitative estimate of drug-likeness (QED) is 0.236. The van der Waals surface area contributed by atoms with E-state index >= 15 is 0 Å². The number of hydrogen-bond acceptors (Lipinski definition) is 2. The third kappa shape index (κ3) is 4.50. The van der Waals surface area contributed by atoms with E-state index < -0.39 is 0 Å². The molecule has 1 aliphatic heterocycles. The second-order valence-electron chi connectivity index (χ2n) is 10.1. The zero-order valence-corrected chi connectivity index (χ0v) is 22.0. The molecule has 2 heteroatoms. The van der Waals surface area contributed by atoms with E-state index in [9.17, 15) is 0 Å². The van der Waals surface area contributed by atoms with Crippen molar-refractivity contribution in [3.05, 3.63) is 174 Å². The second kappa shape index (κ2) is 10.5. The third-order valence-electron chi connectivity index (χ3n) is 7.55. The molecular formula is C38H28N2. The number of aliphatic imine (C=N–C) groups is 1. The van der Waals surface area contributed by atoms with Gasteiger partial charge in [0.1, 0.15) is 0 Å². The van der Waals surface area contributed by atoms with Gasteiger partial charge in [0, 0.05) is 22.5 Å². The Balaban J connectivity index is 1.32. The smallest absolute Gasteiger partial charge is 0.0754 e. The minimum Gasteiger partial charge on any atom is -0.355 e. The highest BCUT2D eigenvalue weighted by Crippen LogP contribution is 2.48. The van der Waals surface area contributed by atoms with Crippen molar-refractivity contribution in [1.29, 1.82) is 0 Å². The van der Waals surface area contributed by atoms with Crippen molar-refractivity contribution in [1.82, 2.24) is 0 Å². The van der Waals surface area contributed by atoms with Crippen LogP contribution in [0.3, 0.4) is 0 Å². The molecular weight excluding hydrogens is 484 g/mol. The number of rotatable bonds is 6. The summed E-state index contributed by atoms with van der Waals surface area (Å²) in [5.41, 5.74) is 12.6. The fraction of sp³-hybridized carbons (Fsp3) is 0.0263.